The number of rotatable bonds is 6. The quantitative estimate of drug-likeness (QED) is 0.433. The predicted molar refractivity (Wildman–Crippen MR) is 121 cm³/mol. The summed E-state index contributed by atoms with van der Waals surface area (Å²) in [4.78, 5) is 19.3. The smallest absolute Gasteiger partial charge is 0.163 e. The van der Waals surface area contributed by atoms with Gasteiger partial charge in [0.2, 0.25) is 0 Å². The second-order valence-corrected chi connectivity index (χ2v) is 8.55. The van der Waals surface area contributed by atoms with Crippen LogP contribution < -0.4 is 0 Å². The first-order chi connectivity index (χ1) is 14.2. The molecule has 0 bridgehead atoms. The van der Waals surface area contributed by atoms with Crippen molar-refractivity contribution in [1.82, 2.24) is 14.5 Å². The third-order valence-electron chi connectivity index (χ3n) is 6.25. The number of hydrogen-bond donors (Lipinski definition) is 0. The SMILES string of the molecule is CCN(CC)CCn1c2ccc(-c3nccs3)cc2c2c3c(ccc21)C(=O)CC3. The molecule has 0 spiro atoms. The highest BCUT2D eigenvalue weighted by Crippen LogP contribution is 2.39. The van der Waals surface area contributed by atoms with Crippen molar-refractivity contribution in [2.45, 2.75) is 33.2 Å². The van der Waals surface area contributed by atoms with Crippen LogP contribution in [0.1, 0.15) is 36.2 Å². The van der Waals surface area contributed by atoms with Gasteiger partial charge >= 0.3 is 0 Å². The molecule has 4 aromatic rings. The summed E-state index contributed by atoms with van der Waals surface area (Å²) in [7, 11) is 0. The minimum absolute atomic E-state index is 0.280. The highest BCUT2D eigenvalue weighted by molar-refractivity contribution is 7.13. The maximum absolute atomic E-state index is 12.4. The van der Waals surface area contributed by atoms with Crippen molar-refractivity contribution in [1.29, 1.82) is 0 Å². The zero-order valence-corrected chi connectivity index (χ0v) is 17.8. The molecule has 0 atom stereocenters. The van der Waals surface area contributed by atoms with Gasteiger partial charge in [-0.1, -0.05) is 13.8 Å². The molecule has 0 amide bonds. The van der Waals surface area contributed by atoms with Gasteiger partial charge in [-0.2, -0.15) is 0 Å². The van der Waals surface area contributed by atoms with Gasteiger partial charge in [-0.25, -0.2) is 4.98 Å². The molecule has 2 aromatic heterocycles. The number of carbonyl (C=O) groups is 1. The van der Waals surface area contributed by atoms with Crippen molar-refractivity contribution in [3.8, 4) is 10.6 Å². The normalized spacial score (nSPS) is 13.8. The van der Waals surface area contributed by atoms with E-state index in [1.807, 2.05) is 17.6 Å². The van der Waals surface area contributed by atoms with E-state index in [4.69, 9.17) is 0 Å². The Balaban J connectivity index is 1.74. The summed E-state index contributed by atoms with van der Waals surface area (Å²) in [6, 6.07) is 10.9. The summed E-state index contributed by atoms with van der Waals surface area (Å²) in [6.07, 6.45) is 3.34. The Morgan fingerprint density at radius 3 is 2.69 bits per heavy atom. The zero-order chi connectivity index (χ0) is 20.0. The van der Waals surface area contributed by atoms with Crippen LogP contribution in [0, 0.1) is 0 Å². The van der Waals surface area contributed by atoms with Gasteiger partial charge in [0, 0.05) is 64.0 Å². The summed E-state index contributed by atoms with van der Waals surface area (Å²) in [5.74, 6) is 0.280. The molecule has 2 heterocycles. The molecule has 5 heteroatoms. The van der Waals surface area contributed by atoms with Crippen molar-refractivity contribution in [3.05, 3.63) is 53.0 Å². The van der Waals surface area contributed by atoms with E-state index in [2.05, 4.69) is 52.6 Å². The second-order valence-electron chi connectivity index (χ2n) is 7.66. The van der Waals surface area contributed by atoms with Gasteiger partial charge in [-0.15, -0.1) is 11.3 Å². The molecule has 0 fully saturated rings. The van der Waals surface area contributed by atoms with Gasteiger partial charge < -0.3 is 9.47 Å². The van der Waals surface area contributed by atoms with Crippen LogP contribution in [0.4, 0.5) is 0 Å². The van der Waals surface area contributed by atoms with Crippen molar-refractivity contribution in [2.24, 2.45) is 0 Å². The predicted octanol–water partition coefficient (Wildman–Crippen LogP) is 5.39. The summed E-state index contributed by atoms with van der Waals surface area (Å²) in [6.45, 7) is 8.53. The van der Waals surface area contributed by atoms with Gasteiger partial charge in [0.1, 0.15) is 5.01 Å². The number of ketones is 1. The van der Waals surface area contributed by atoms with Crippen LogP contribution in [0.3, 0.4) is 0 Å². The summed E-state index contributed by atoms with van der Waals surface area (Å²) < 4.78 is 2.44. The maximum Gasteiger partial charge on any atom is 0.163 e. The van der Waals surface area contributed by atoms with Gasteiger partial charge in [-0.3, -0.25) is 4.79 Å². The summed E-state index contributed by atoms with van der Waals surface area (Å²) in [5.41, 5.74) is 5.80. The molecule has 4 nitrogen and oxygen atoms in total. The first kappa shape index (κ1) is 18.5. The Hall–Kier alpha value is -2.50. The minimum atomic E-state index is 0.280. The number of hydrogen-bond acceptors (Lipinski definition) is 4. The number of benzene rings is 2. The van der Waals surface area contributed by atoms with Gasteiger partial charge in [0.25, 0.3) is 0 Å². The lowest BCUT2D eigenvalue weighted by molar-refractivity contribution is 0.0994. The lowest BCUT2D eigenvalue weighted by Crippen LogP contribution is -2.26. The van der Waals surface area contributed by atoms with Gasteiger partial charge in [0.15, 0.2) is 5.78 Å². The Morgan fingerprint density at radius 1 is 1.10 bits per heavy atom. The maximum atomic E-state index is 12.4. The van der Waals surface area contributed by atoms with Crippen LogP contribution in [0.5, 0.6) is 0 Å². The first-order valence-electron chi connectivity index (χ1n) is 10.4. The number of likely N-dealkylation sites (N-methyl/N-ethyl adjacent to an activating group) is 1. The standard InChI is InChI=1S/C24H25N3OS/c1-3-26(4-2)12-13-27-20-8-5-16(24-25-11-14-29-24)15-19(20)23-18-7-10-22(28)17(18)6-9-21(23)27/h5-6,8-9,11,14-15H,3-4,7,10,12-13H2,1-2H3. The van der Waals surface area contributed by atoms with E-state index in [0.29, 0.717) is 6.42 Å². The fraction of sp³-hybridized carbons (Fsp3) is 0.333. The van der Waals surface area contributed by atoms with Gasteiger partial charge in [0.05, 0.1) is 0 Å². The Morgan fingerprint density at radius 2 is 1.93 bits per heavy atom. The molecular weight excluding hydrogens is 378 g/mol. The molecule has 2 aromatic carbocycles. The van der Waals surface area contributed by atoms with E-state index in [0.717, 1.165) is 48.7 Å². The fourth-order valence-corrected chi connectivity index (χ4v) is 5.31. The molecule has 0 aliphatic heterocycles. The monoisotopic (exact) mass is 403 g/mol. The molecule has 0 saturated heterocycles. The van der Waals surface area contributed by atoms with Crippen molar-refractivity contribution < 1.29 is 4.79 Å². The van der Waals surface area contributed by atoms with Crippen LogP contribution in [0.25, 0.3) is 32.4 Å². The Bertz CT molecular complexity index is 1200. The molecule has 148 valence electrons. The number of Topliss-reactive ketones (excluding diaryl/α,β-unsaturated/α-hetero) is 1. The minimum Gasteiger partial charge on any atom is -0.339 e. The molecule has 0 saturated carbocycles. The number of carbonyl (C=O) groups excluding carboxylic acids is 1. The second kappa shape index (κ2) is 7.39. The first-order valence-corrected chi connectivity index (χ1v) is 11.3. The summed E-state index contributed by atoms with van der Waals surface area (Å²) >= 11 is 1.66. The third-order valence-corrected chi connectivity index (χ3v) is 7.08. The molecule has 1 aliphatic carbocycles. The molecule has 0 radical (unpaired) electrons. The number of thiazole rings is 1. The molecule has 29 heavy (non-hydrogen) atoms. The Labute approximate surface area is 174 Å². The van der Waals surface area contributed by atoms with Crippen LogP contribution in [0.15, 0.2) is 41.9 Å². The highest BCUT2D eigenvalue weighted by Gasteiger charge is 2.25. The van der Waals surface area contributed by atoms with Crippen LogP contribution in [0.2, 0.25) is 0 Å². The Kier molecular flexibility index (Phi) is 4.72. The van der Waals surface area contributed by atoms with E-state index in [9.17, 15) is 4.79 Å². The topological polar surface area (TPSA) is 38.1 Å². The largest absolute Gasteiger partial charge is 0.339 e. The molecule has 1 aliphatic rings. The number of aromatic nitrogens is 2. The average molecular weight is 404 g/mol. The number of fused-ring (bicyclic) bond motifs is 5. The summed E-state index contributed by atoms with van der Waals surface area (Å²) in [5, 5.41) is 5.57. The molecule has 0 N–H and O–H groups in total. The number of nitrogens with zero attached hydrogens (tertiary/aromatic N) is 3. The van der Waals surface area contributed by atoms with E-state index in [-0.39, 0.29) is 5.78 Å². The third kappa shape index (κ3) is 3.00. The molecule has 5 rings (SSSR count). The van der Waals surface area contributed by atoms with Gasteiger partial charge in [-0.05, 0) is 55.4 Å². The van der Waals surface area contributed by atoms with E-state index in [1.54, 1.807) is 11.3 Å². The highest BCUT2D eigenvalue weighted by atomic mass is 32.1. The lowest BCUT2D eigenvalue weighted by atomic mass is 10.0. The zero-order valence-electron chi connectivity index (χ0n) is 16.9. The van der Waals surface area contributed by atoms with Crippen LogP contribution in [-0.2, 0) is 13.0 Å². The van der Waals surface area contributed by atoms with E-state index >= 15 is 0 Å². The van der Waals surface area contributed by atoms with Crippen molar-refractivity contribution >= 4 is 38.9 Å². The lowest BCUT2D eigenvalue weighted by Gasteiger charge is -2.19. The number of aryl methyl sites for hydroxylation is 1. The van der Waals surface area contributed by atoms with Crippen molar-refractivity contribution in [2.75, 3.05) is 19.6 Å². The van der Waals surface area contributed by atoms with Crippen molar-refractivity contribution in [3.63, 3.8) is 0 Å². The van der Waals surface area contributed by atoms with E-state index in [1.165, 1.54) is 27.4 Å². The van der Waals surface area contributed by atoms with Crippen LogP contribution in [-0.4, -0.2) is 39.9 Å². The van der Waals surface area contributed by atoms with E-state index < -0.39 is 0 Å². The molecular formula is C24H25N3OS. The fourth-order valence-electron chi connectivity index (χ4n) is 4.68. The molecule has 0 unspecified atom stereocenters. The average Bonchev–Trinajstić information content (AvgIpc) is 3.47. The van der Waals surface area contributed by atoms with Crippen LogP contribution >= 0.6 is 11.3 Å².